The normalized spacial score (nSPS) is 10.9. The van der Waals surface area contributed by atoms with Gasteiger partial charge in [-0.25, -0.2) is 5.90 Å². The number of amides is 1. The highest BCUT2D eigenvalue weighted by Crippen LogP contribution is 2.08. The van der Waals surface area contributed by atoms with Gasteiger partial charge in [-0.15, -0.1) is 0 Å². The summed E-state index contributed by atoms with van der Waals surface area (Å²) in [5.74, 6) is 3.93. The quantitative estimate of drug-likeness (QED) is 0.326. The zero-order valence-corrected chi connectivity index (χ0v) is 11.3. The van der Waals surface area contributed by atoms with Crippen LogP contribution < -0.4 is 16.5 Å². The number of allylic oxidation sites excluding steroid dienone is 4. The van der Waals surface area contributed by atoms with E-state index in [1.54, 1.807) is 25.3 Å². The van der Waals surface area contributed by atoms with E-state index in [2.05, 4.69) is 27.9 Å². The Hall–Kier alpha value is -1.92. The Labute approximate surface area is 108 Å². The molecular formula is C12H22N4O2. The van der Waals surface area contributed by atoms with E-state index in [4.69, 9.17) is 5.41 Å². The van der Waals surface area contributed by atoms with Gasteiger partial charge in [0.25, 0.3) is 5.91 Å². The lowest BCUT2D eigenvalue weighted by Gasteiger charge is -2.11. The SMILES string of the molecule is C=C/C=C(C(=N)C(=O)NC)\C(=C/C)NC.CON. The zero-order valence-electron chi connectivity index (χ0n) is 11.3. The van der Waals surface area contributed by atoms with E-state index in [1.165, 1.54) is 14.2 Å². The first-order valence-electron chi connectivity index (χ1n) is 5.24. The van der Waals surface area contributed by atoms with Gasteiger partial charge in [0.1, 0.15) is 5.71 Å². The molecule has 0 saturated carbocycles. The Morgan fingerprint density at radius 1 is 1.39 bits per heavy atom. The maximum Gasteiger partial charge on any atom is 0.269 e. The molecule has 0 aromatic carbocycles. The van der Waals surface area contributed by atoms with Crippen LogP contribution in [0.25, 0.3) is 0 Å². The molecule has 0 aliphatic heterocycles. The number of nitrogens with one attached hydrogen (secondary N) is 3. The molecule has 0 aliphatic rings. The van der Waals surface area contributed by atoms with Gasteiger partial charge in [-0.3, -0.25) is 10.2 Å². The molecule has 0 saturated heterocycles. The lowest BCUT2D eigenvalue weighted by molar-refractivity contribution is -0.114. The minimum Gasteiger partial charge on any atom is -0.388 e. The summed E-state index contributed by atoms with van der Waals surface area (Å²) in [6.45, 7) is 5.39. The second-order valence-corrected chi connectivity index (χ2v) is 2.96. The summed E-state index contributed by atoms with van der Waals surface area (Å²) in [5, 5.41) is 13.0. The fourth-order valence-corrected chi connectivity index (χ4v) is 1.11. The van der Waals surface area contributed by atoms with Crippen LogP contribution in [0.1, 0.15) is 6.92 Å². The number of nitrogens with two attached hydrogens (primary N) is 1. The number of rotatable bonds is 5. The molecule has 18 heavy (non-hydrogen) atoms. The van der Waals surface area contributed by atoms with Gasteiger partial charge >= 0.3 is 0 Å². The zero-order chi connectivity index (χ0) is 14.6. The summed E-state index contributed by atoms with van der Waals surface area (Å²) in [7, 11) is 4.64. The highest BCUT2D eigenvalue weighted by molar-refractivity contribution is 6.45. The van der Waals surface area contributed by atoms with Crippen LogP contribution in [0, 0.1) is 5.41 Å². The molecular weight excluding hydrogens is 232 g/mol. The number of hydrogen-bond donors (Lipinski definition) is 4. The largest absolute Gasteiger partial charge is 0.388 e. The molecule has 6 heteroatoms. The fourth-order valence-electron chi connectivity index (χ4n) is 1.11. The minimum atomic E-state index is -0.419. The first-order chi connectivity index (χ1) is 8.53. The molecule has 0 radical (unpaired) electrons. The molecule has 0 aliphatic carbocycles. The average Bonchev–Trinajstić information content (AvgIpc) is 2.38. The topological polar surface area (TPSA) is 100 Å². The van der Waals surface area contributed by atoms with Crippen LogP contribution in [0.2, 0.25) is 0 Å². The molecule has 0 bridgehead atoms. The van der Waals surface area contributed by atoms with Crippen LogP contribution in [0.3, 0.4) is 0 Å². The summed E-state index contributed by atoms with van der Waals surface area (Å²) in [5.41, 5.74) is 1.16. The first-order valence-corrected chi connectivity index (χ1v) is 5.24. The highest BCUT2D eigenvalue weighted by atomic mass is 16.6. The lowest BCUT2D eigenvalue weighted by atomic mass is 10.1. The van der Waals surface area contributed by atoms with Crippen LogP contribution in [-0.4, -0.2) is 32.8 Å². The van der Waals surface area contributed by atoms with Gasteiger partial charge in [0.15, 0.2) is 0 Å². The Kier molecular flexibility index (Phi) is 11.8. The predicted molar refractivity (Wildman–Crippen MR) is 74.1 cm³/mol. The van der Waals surface area contributed by atoms with E-state index >= 15 is 0 Å². The maximum absolute atomic E-state index is 11.3. The Morgan fingerprint density at radius 3 is 2.17 bits per heavy atom. The van der Waals surface area contributed by atoms with Gasteiger partial charge in [-0.2, -0.15) is 0 Å². The molecule has 6 nitrogen and oxygen atoms in total. The molecule has 0 spiro atoms. The Morgan fingerprint density at radius 2 is 1.89 bits per heavy atom. The smallest absolute Gasteiger partial charge is 0.269 e. The van der Waals surface area contributed by atoms with Crippen LogP contribution in [0.15, 0.2) is 36.1 Å². The summed E-state index contributed by atoms with van der Waals surface area (Å²) < 4.78 is 0. The molecule has 0 rings (SSSR count). The van der Waals surface area contributed by atoms with Crippen molar-refractivity contribution in [2.24, 2.45) is 5.90 Å². The van der Waals surface area contributed by atoms with Crippen LogP contribution in [-0.2, 0) is 9.63 Å². The van der Waals surface area contributed by atoms with Crippen molar-refractivity contribution in [2.45, 2.75) is 6.92 Å². The van der Waals surface area contributed by atoms with E-state index < -0.39 is 5.91 Å². The molecule has 5 N–H and O–H groups in total. The van der Waals surface area contributed by atoms with Gasteiger partial charge in [0.2, 0.25) is 0 Å². The maximum atomic E-state index is 11.3. The van der Waals surface area contributed by atoms with E-state index in [0.717, 1.165) is 5.70 Å². The third-order valence-corrected chi connectivity index (χ3v) is 1.86. The van der Waals surface area contributed by atoms with Crippen molar-refractivity contribution in [1.29, 1.82) is 5.41 Å². The van der Waals surface area contributed by atoms with Crippen LogP contribution in [0.4, 0.5) is 0 Å². The molecule has 0 unspecified atom stereocenters. The van der Waals surface area contributed by atoms with Gasteiger partial charge in [0.05, 0.1) is 7.11 Å². The second-order valence-electron chi connectivity index (χ2n) is 2.96. The van der Waals surface area contributed by atoms with Crippen LogP contribution >= 0.6 is 0 Å². The van der Waals surface area contributed by atoms with E-state index in [9.17, 15) is 4.79 Å². The Balaban J connectivity index is 0. The van der Waals surface area contributed by atoms with Crippen LogP contribution in [0.5, 0.6) is 0 Å². The molecule has 0 atom stereocenters. The summed E-state index contributed by atoms with van der Waals surface area (Å²) >= 11 is 0. The summed E-state index contributed by atoms with van der Waals surface area (Å²) in [6.07, 6.45) is 4.98. The molecule has 1 amide bonds. The molecule has 0 fully saturated rings. The van der Waals surface area contributed by atoms with Crippen molar-refractivity contribution in [3.63, 3.8) is 0 Å². The second kappa shape index (κ2) is 11.6. The van der Waals surface area contributed by atoms with Crippen molar-refractivity contribution < 1.29 is 9.63 Å². The molecule has 0 heterocycles. The minimum absolute atomic E-state index is 0.0835. The third kappa shape index (κ3) is 6.62. The summed E-state index contributed by atoms with van der Waals surface area (Å²) in [4.78, 5) is 15.0. The van der Waals surface area contributed by atoms with Crippen molar-refractivity contribution in [2.75, 3.05) is 21.2 Å². The highest BCUT2D eigenvalue weighted by Gasteiger charge is 2.14. The average molecular weight is 254 g/mol. The predicted octanol–water partition coefficient (Wildman–Crippen LogP) is 0.494. The number of likely N-dealkylation sites (N-methyl/N-ethyl adjacent to an activating group) is 1. The number of carbonyl (C=O) groups excluding carboxylic acids is 1. The standard InChI is InChI=1S/C11H17N3O.CH5NO/c1-5-7-8(9(6-2)13-3)10(12)11(15)14-4;1-3-2/h5-7,12-13H,1H2,2-4H3,(H,14,15);2H2,1H3/b8-7+,9-6+,12-10?;. The van der Waals surface area contributed by atoms with Gasteiger partial charge < -0.3 is 15.5 Å². The van der Waals surface area contributed by atoms with Gasteiger partial charge in [0, 0.05) is 25.4 Å². The van der Waals surface area contributed by atoms with Crippen molar-refractivity contribution in [3.8, 4) is 0 Å². The molecule has 0 aromatic heterocycles. The molecule has 102 valence electrons. The van der Waals surface area contributed by atoms with Crippen molar-refractivity contribution in [3.05, 3.63) is 36.1 Å². The number of hydrogen-bond acceptors (Lipinski definition) is 5. The van der Waals surface area contributed by atoms with Gasteiger partial charge in [-0.1, -0.05) is 24.8 Å². The molecule has 0 aromatic rings. The lowest BCUT2D eigenvalue weighted by Crippen LogP contribution is -2.30. The third-order valence-electron chi connectivity index (χ3n) is 1.86. The van der Waals surface area contributed by atoms with Gasteiger partial charge in [-0.05, 0) is 6.92 Å². The number of carbonyl (C=O) groups is 1. The summed E-state index contributed by atoms with van der Waals surface area (Å²) in [6, 6.07) is 0. The monoisotopic (exact) mass is 254 g/mol. The fraction of sp³-hybridized carbons (Fsp3) is 0.333. The first kappa shape index (κ1) is 18.4. The van der Waals surface area contributed by atoms with E-state index in [0.29, 0.717) is 5.57 Å². The Bertz CT molecular complexity index is 346. The van der Waals surface area contributed by atoms with E-state index in [1.807, 2.05) is 6.92 Å². The van der Waals surface area contributed by atoms with E-state index in [-0.39, 0.29) is 5.71 Å². The van der Waals surface area contributed by atoms with Crippen molar-refractivity contribution in [1.82, 2.24) is 10.6 Å². The van der Waals surface area contributed by atoms with Crippen molar-refractivity contribution >= 4 is 11.6 Å².